The van der Waals surface area contributed by atoms with Gasteiger partial charge in [-0.1, -0.05) is 36.5 Å². The molecule has 0 saturated carbocycles. The Balaban J connectivity index is 1.99. The van der Waals surface area contributed by atoms with Crippen molar-refractivity contribution >= 4 is 22.4 Å². The second-order valence-electron chi connectivity index (χ2n) is 3.71. The first-order valence-electron chi connectivity index (χ1n) is 5.58. The van der Waals surface area contributed by atoms with Crippen LogP contribution in [0.4, 0.5) is 5.13 Å². The first-order valence-corrected chi connectivity index (χ1v) is 6.39. The van der Waals surface area contributed by atoms with Gasteiger partial charge in [-0.25, -0.2) is 0 Å². The number of nitrogens with zero attached hydrogens (tertiary/aromatic N) is 2. The van der Waals surface area contributed by atoms with E-state index < -0.39 is 0 Å². The number of hydrogen-bond acceptors (Lipinski definition) is 5. The molecule has 0 aliphatic carbocycles. The van der Waals surface area contributed by atoms with Crippen LogP contribution in [-0.4, -0.2) is 21.2 Å². The Morgan fingerprint density at radius 1 is 1.39 bits per heavy atom. The largest absolute Gasteiger partial charge is 0.508 e. The van der Waals surface area contributed by atoms with Crippen molar-refractivity contribution in [2.75, 3.05) is 5.32 Å². The first kappa shape index (κ1) is 12.5. The molecule has 5 nitrogen and oxygen atoms in total. The number of phenols is 1. The van der Waals surface area contributed by atoms with Crippen LogP contribution in [0.1, 0.15) is 17.5 Å². The number of aryl methyl sites for hydroxylation is 1. The number of phenolic OH excluding ortho intramolecular Hbond substituents is 1. The van der Waals surface area contributed by atoms with Gasteiger partial charge in [-0.3, -0.25) is 4.79 Å². The molecule has 0 radical (unpaired) electrons. The Bertz CT molecular complexity index is 554. The highest BCUT2D eigenvalue weighted by Gasteiger charge is 2.10. The first-order chi connectivity index (χ1) is 8.69. The molecule has 0 spiro atoms. The standard InChI is InChI=1S/C12H13N3O2S/c1-2-11-14-15-12(18-11)13-10(17)7-8-5-3-4-6-9(8)16/h3-6,16H,2,7H2,1H3,(H,13,15,17). The van der Waals surface area contributed by atoms with Crippen molar-refractivity contribution in [3.05, 3.63) is 34.8 Å². The molecule has 6 heteroatoms. The van der Waals surface area contributed by atoms with Crippen LogP contribution in [0.25, 0.3) is 0 Å². The lowest BCUT2D eigenvalue weighted by Gasteiger charge is -2.03. The predicted octanol–water partition coefficient (Wildman–Crippen LogP) is 1.99. The van der Waals surface area contributed by atoms with Crippen molar-refractivity contribution in [1.29, 1.82) is 0 Å². The summed E-state index contributed by atoms with van der Waals surface area (Å²) in [7, 11) is 0. The summed E-state index contributed by atoms with van der Waals surface area (Å²) in [6, 6.07) is 6.77. The maximum Gasteiger partial charge on any atom is 0.230 e. The average molecular weight is 263 g/mol. The van der Waals surface area contributed by atoms with Crippen molar-refractivity contribution < 1.29 is 9.90 Å². The smallest absolute Gasteiger partial charge is 0.230 e. The van der Waals surface area contributed by atoms with Crippen LogP contribution in [0.2, 0.25) is 0 Å². The molecular weight excluding hydrogens is 250 g/mol. The maximum atomic E-state index is 11.7. The van der Waals surface area contributed by atoms with E-state index in [9.17, 15) is 9.90 Å². The molecule has 94 valence electrons. The summed E-state index contributed by atoms with van der Waals surface area (Å²) < 4.78 is 0. The third-order valence-electron chi connectivity index (χ3n) is 2.36. The highest BCUT2D eigenvalue weighted by atomic mass is 32.1. The number of carbonyl (C=O) groups is 1. The van der Waals surface area contributed by atoms with Gasteiger partial charge >= 0.3 is 0 Å². The lowest BCUT2D eigenvalue weighted by molar-refractivity contribution is -0.115. The second-order valence-corrected chi connectivity index (χ2v) is 4.77. The van der Waals surface area contributed by atoms with Crippen LogP contribution >= 0.6 is 11.3 Å². The van der Waals surface area contributed by atoms with Crippen LogP contribution in [-0.2, 0) is 17.6 Å². The van der Waals surface area contributed by atoms with E-state index in [-0.39, 0.29) is 18.1 Å². The van der Waals surface area contributed by atoms with Gasteiger partial charge in [0.1, 0.15) is 10.8 Å². The van der Waals surface area contributed by atoms with Crippen LogP contribution in [0.15, 0.2) is 24.3 Å². The lowest BCUT2D eigenvalue weighted by Crippen LogP contribution is -2.14. The fourth-order valence-corrected chi connectivity index (χ4v) is 2.14. The molecule has 1 amide bonds. The van der Waals surface area contributed by atoms with E-state index in [0.29, 0.717) is 10.7 Å². The number of carbonyl (C=O) groups excluding carboxylic acids is 1. The van der Waals surface area contributed by atoms with Crippen LogP contribution < -0.4 is 5.32 Å². The minimum absolute atomic E-state index is 0.119. The molecule has 18 heavy (non-hydrogen) atoms. The van der Waals surface area contributed by atoms with Gasteiger partial charge in [0.2, 0.25) is 11.0 Å². The lowest BCUT2D eigenvalue weighted by atomic mass is 10.1. The zero-order valence-electron chi connectivity index (χ0n) is 9.88. The van der Waals surface area contributed by atoms with Gasteiger partial charge in [0, 0.05) is 5.56 Å². The van der Waals surface area contributed by atoms with Gasteiger partial charge in [0.05, 0.1) is 6.42 Å². The number of hydrogen-bond donors (Lipinski definition) is 2. The minimum atomic E-state index is -0.213. The molecular formula is C12H13N3O2S. The molecule has 0 fully saturated rings. The summed E-state index contributed by atoms with van der Waals surface area (Å²) in [5.74, 6) is -0.0885. The Hall–Kier alpha value is -1.95. The van der Waals surface area contributed by atoms with E-state index in [0.717, 1.165) is 11.4 Å². The van der Waals surface area contributed by atoms with Crippen molar-refractivity contribution in [2.45, 2.75) is 19.8 Å². The number of anilines is 1. The van der Waals surface area contributed by atoms with Crippen molar-refractivity contribution in [3.8, 4) is 5.75 Å². The molecule has 2 N–H and O–H groups in total. The summed E-state index contributed by atoms with van der Waals surface area (Å²) in [6.45, 7) is 1.98. The topological polar surface area (TPSA) is 75.1 Å². The molecule has 0 saturated heterocycles. The molecule has 0 aliphatic rings. The number of nitrogens with one attached hydrogen (secondary N) is 1. The summed E-state index contributed by atoms with van der Waals surface area (Å²) in [4.78, 5) is 11.7. The van der Waals surface area contributed by atoms with Gasteiger partial charge in [-0.05, 0) is 12.5 Å². The molecule has 1 aromatic heterocycles. The molecule has 1 aromatic carbocycles. The van der Waals surface area contributed by atoms with E-state index in [4.69, 9.17) is 0 Å². The van der Waals surface area contributed by atoms with Crippen molar-refractivity contribution in [2.24, 2.45) is 0 Å². The van der Waals surface area contributed by atoms with Crippen molar-refractivity contribution in [1.82, 2.24) is 10.2 Å². The Labute approximate surface area is 109 Å². The zero-order valence-corrected chi connectivity index (χ0v) is 10.7. The Kier molecular flexibility index (Phi) is 3.88. The predicted molar refractivity (Wildman–Crippen MR) is 69.7 cm³/mol. The summed E-state index contributed by atoms with van der Waals surface area (Å²) >= 11 is 1.36. The highest BCUT2D eigenvalue weighted by Crippen LogP contribution is 2.18. The Morgan fingerprint density at radius 2 is 2.17 bits per heavy atom. The van der Waals surface area contributed by atoms with Crippen LogP contribution in [0.3, 0.4) is 0 Å². The number of benzene rings is 1. The molecule has 0 bridgehead atoms. The van der Waals surface area contributed by atoms with Crippen LogP contribution in [0, 0.1) is 0 Å². The zero-order chi connectivity index (χ0) is 13.0. The highest BCUT2D eigenvalue weighted by molar-refractivity contribution is 7.15. The van der Waals surface area contributed by atoms with E-state index in [1.54, 1.807) is 24.3 Å². The second kappa shape index (κ2) is 5.59. The van der Waals surface area contributed by atoms with E-state index in [2.05, 4.69) is 15.5 Å². The minimum Gasteiger partial charge on any atom is -0.508 e. The van der Waals surface area contributed by atoms with E-state index in [1.165, 1.54) is 11.3 Å². The third kappa shape index (κ3) is 3.04. The van der Waals surface area contributed by atoms with Crippen molar-refractivity contribution in [3.63, 3.8) is 0 Å². The van der Waals surface area contributed by atoms with Gasteiger partial charge < -0.3 is 10.4 Å². The molecule has 2 rings (SSSR count). The fraction of sp³-hybridized carbons (Fsp3) is 0.250. The number of aromatic nitrogens is 2. The molecule has 1 heterocycles. The summed E-state index contributed by atoms with van der Waals surface area (Å²) in [5.41, 5.74) is 0.593. The van der Waals surface area contributed by atoms with Gasteiger partial charge in [-0.2, -0.15) is 0 Å². The number of rotatable bonds is 4. The molecule has 0 aliphatic heterocycles. The van der Waals surface area contributed by atoms with E-state index in [1.807, 2.05) is 6.92 Å². The molecule has 0 unspecified atom stereocenters. The number of amides is 1. The molecule has 0 atom stereocenters. The third-order valence-corrected chi connectivity index (χ3v) is 3.34. The normalized spacial score (nSPS) is 10.3. The summed E-state index contributed by atoms with van der Waals surface area (Å²) in [6.07, 6.45) is 0.917. The monoisotopic (exact) mass is 263 g/mol. The van der Waals surface area contributed by atoms with E-state index >= 15 is 0 Å². The molecule has 2 aromatic rings. The van der Waals surface area contributed by atoms with Crippen LogP contribution in [0.5, 0.6) is 5.75 Å². The fourth-order valence-electron chi connectivity index (χ4n) is 1.44. The average Bonchev–Trinajstić information content (AvgIpc) is 2.80. The van der Waals surface area contributed by atoms with Gasteiger partial charge in [-0.15, -0.1) is 10.2 Å². The quantitative estimate of drug-likeness (QED) is 0.884. The number of aromatic hydroxyl groups is 1. The SMILES string of the molecule is CCc1nnc(NC(=O)Cc2ccccc2O)s1. The maximum absolute atomic E-state index is 11.7. The Morgan fingerprint density at radius 3 is 2.83 bits per heavy atom. The van der Waals surface area contributed by atoms with Gasteiger partial charge in [0.15, 0.2) is 0 Å². The summed E-state index contributed by atoms with van der Waals surface area (Å²) in [5, 5.41) is 21.4. The van der Waals surface area contributed by atoms with Gasteiger partial charge in [0.25, 0.3) is 0 Å². The number of para-hydroxylation sites is 1.